The van der Waals surface area contributed by atoms with E-state index in [4.69, 9.17) is 0 Å². The lowest BCUT2D eigenvalue weighted by atomic mass is 9.85. The number of benzene rings is 2. The molecular weight excluding hydrogens is 538 g/mol. The number of anilines is 1. The summed E-state index contributed by atoms with van der Waals surface area (Å²) in [6.45, 7) is 6.35. The second-order valence-corrected chi connectivity index (χ2v) is 11.0. The maximum atomic E-state index is 13.6. The maximum Gasteiger partial charge on any atom is 0.333 e. The molecule has 2 aromatic carbocycles. The molecule has 43 heavy (non-hydrogen) atoms. The Bertz CT molecular complexity index is 2070. The van der Waals surface area contributed by atoms with Crippen molar-refractivity contribution < 1.29 is 4.79 Å². The van der Waals surface area contributed by atoms with Gasteiger partial charge in [-0.3, -0.25) is 24.0 Å². The van der Waals surface area contributed by atoms with Crippen molar-refractivity contribution >= 4 is 33.7 Å². The third-order valence-corrected chi connectivity index (χ3v) is 7.59. The predicted octanol–water partition coefficient (Wildman–Crippen LogP) is 6.00. The van der Waals surface area contributed by atoms with Crippen LogP contribution < -0.4 is 11.0 Å². The number of hydrogen-bond acceptors (Lipinski definition) is 5. The van der Waals surface area contributed by atoms with Crippen molar-refractivity contribution in [2.75, 3.05) is 5.32 Å². The van der Waals surface area contributed by atoms with Crippen molar-refractivity contribution in [3.05, 3.63) is 101 Å². The molecule has 0 bridgehead atoms. The monoisotopic (exact) mass is 569 g/mol. The molecule has 6 aromatic rings. The summed E-state index contributed by atoms with van der Waals surface area (Å²) in [6.07, 6.45) is 6.87. The normalized spacial score (nSPS) is 11.4. The van der Waals surface area contributed by atoms with Gasteiger partial charge in [0.15, 0.2) is 0 Å². The quantitative estimate of drug-likeness (QED) is 0.239. The van der Waals surface area contributed by atoms with Gasteiger partial charge < -0.3 is 5.32 Å². The second kappa shape index (κ2) is 11.1. The Morgan fingerprint density at radius 3 is 2.49 bits per heavy atom. The summed E-state index contributed by atoms with van der Waals surface area (Å²) in [5.41, 5.74) is 5.83. The Morgan fingerprint density at radius 1 is 1.00 bits per heavy atom. The number of rotatable bonds is 6. The lowest BCUT2D eigenvalue weighted by Crippen LogP contribution is -2.21. The molecule has 0 fully saturated rings. The molecule has 9 heteroatoms. The molecule has 0 saturated carbocycles. The molecule has 0 saturated heterocycles. The van der Waals surface area contributed by atoms with E-state index in [1.807, 2.05) is 48.5 Å². The number of carbonyl (C=O) groups excluding carboxylic acids is 1. The van der Waals surface area contributed by atoms with E-state index in [1.54, 1.807) is 40.7 Å². The van der Waals surface area contributed by atoms with Crippen LogP contribution in [-0.2, 0) is 12.5 Å². The first-order chi connectivity index (χ1) is 20.8. The van der Waals surface area contributed by atoms with Crippen LogP contribution in [0.2, 0.25) is 0 Å². The molecule has 9 nitrogen and oxygen atoms in total. The topological polar surface area (TPSA) is 110 Å². The number of imidazole rings is 1. The van der Waals surface area contributed by atoms with E-state index < -0.39 is 0 Å². The summed E-state index contributed by atoms with van der Waals surface area (Å²) < 4.78 is 3.37. The van der Waals surface area contributed by atoms with Gasteiger partial charge in [-0.1, -0.05) is 31.0 Å². The number of nitrogens with one attached hydrogen (secondary N) is 2. The molecule has 0 aliphatic carbocycles. The highest BCUT2D eigenvalue weighted by Crippen LogP contribution is 2.31. The summed E-state index contributed by atoms with van der Waals surface area (Å²) in [7, 11) is 1.76. The van der Waals surface area contributed by atoms with E-state index >= 15 is 0 Å². The number of amides is 1. The van der Waals surface area contributed by atoms with Crippen LogP contribution in [-0.4, -0.2) is 35.2 Å². The standard InChI is InChI=1S/C34H31N7O2/c1-5-6-7-17-34(2,3)24-10-12-25(13-11-24)41-31-26-19-22(8-14-27(26)35-21-29(31)40(4)33(41)43)23-9-15-30(36-20-23)38-32(42)28-16-18-37-39-28/h8-16,18-21H,5-6H2,1-4H3,(H,37,39)(H,36,38,42). The number of nitrogens with zero attached hydrogens (tertiary/aromatic N) is 5. The Morgan fingerprint density at radius 2 is 1.79 bits per heavy atom. The van der Waals surface area contributed by atoms with Gasteiger partial charge in [-0.25, -0.2) is 9.78 Å². The molecule has 0 atom stereocenters. The second-order valence-electron chi connectivity index (χ2n) is 11.0. The van der Waals surface area contributed by atoms with Gasteiger partial charge in [-0.15, -0.1) is 5.92 Å². The zero-order valence-corrected chi connectivity index (χ0v) is 24.5. The van der Waals surface area contributed by atoms with E-state index in [9.17, 15) is 9.59 Å². The summed E-state index contributed by atoms with van der Waals surface area (Å²) in [6, 6.07) is 19.3. The number of aromatic nitrogens is 6. The number of aromatic amines is 1. The molecule has 4 heterocycles. The predicted molar refractivity (Wildman–Crippen MR) is 169 cm³/mol. The van der Waals surface area contributed by atoms with Crippen molar-refractivity contribution in [1.82, 2.24) is 29.3 Å². The largest absolute Gasteiger partial charge is 0.333 e. The van der Waals surface area contributed by atoms with Crippen LogP contribution in [0.25, 0.3) is 38.8 Å². The van der Waals surface area contributed by atoms with E-state index in [2.05, 4.69) is 58.1 Å². The van der Waals surface area contributed by atoms with E-state index in [-0.39, 0.29) is 17.0 Å². The van der Waals surface area contributed by atoms with Gasteiger partial charge in [0.2, 0.25) is 0 Å². The highest BCUT2D eigenvalue weighted by atomic mass is 16.2. The number of unbranched alkanes of at least 4 members (excludes halogenated alkanes) is 1. The van der Waals surface area contributed by atoms with Gasteiger partial charge in [-0.2, -0.15) is 5.10 Å². The molecule has 214 valence electrons. The SMILES string of the molecule is CCCC#CC(C)(C)c1ccc(-n2c(=O)n(C)c3cnc4ccc(-c5ccc(NC(=O)c6ccn[nH]6)nc5)cc4c32)cc1. The number of pyridine rings is 2. The summed E-state index contributed by atoms with van der Waals surface area (Å²) in [4.78, 5) is 35.0. The minimum atomic E-state index is -0.319. The van der Waals surface area contributed by atoms with Crippen LogP contribution >= 0.6 is 0 Å². The third kappa shape index (κ3) is 5.19. The molecule has 2 N–H and O–H groups in total. The molecule has 1 amide bonds. The Kier molecular flexibility index (Phi) is 7.12. The van der Waals surface area contributed by atoms with E-state index in [0.29, 0.717) is 11.5 Å². The van der Waals surface area contributed by atoms with Crippen molar-refractivity contribution in [1.29, 1.82) is 0 Å². The van der Waals surface area contributed by atoms with Crippen molar-refractivity contribution in [2.45, 2.75) is 39.0 Å². The number of carbonyl (C=O) groups is 1. The van der Waals surface area contributed by atoms with Crippen LogP contribution in [0.4, 0.5) is 5.82 Å². The third-order valence-electron chi connectivity index (χ3n) is 7.59. The van der Waals surface area contributed by atoms with Gasteiger partial charge in [0, 0.05) is 36.8 Å². The molecule has 0 aliphatic heterocycles. The number of aryl methyl sites for hydroxylation is 1. The van der Waals surface area contributed by atoms with Crippen LogP contribution in [0.3, 0.4) is 0 Å². The lowest BCUT2D eigenvalue weighted by Gasteiger charge is -2.19. The van der Waals surface area contributed by atoms with E-state index in [0.717, 1.165) is 57.2 Å². The van der Waals surface area contributed by atoms with Crippen LogP contribution in [0.15, 0.2) is 84.0 Å². The molecular formula is C34H31N7O2. The summed E-state index contributed by atoms with van der Waals surface area (Å²) in [5.74, 6) is 6.76. The summed E-state index contributed by atoms with van der Waals surface area (Å²) >= 11 is 0. The zero-order chi connectivity index (χ0) is 30.1. The Hall–Kier alpha value is -5.49. The molecule has 0 radical (unpaired) electrons. The van der Waals surface area contributed by atoms with Gasteiger partial charge in [0.05, 0.1) is 33.8 Å². The number of H-pyrrole nitrogens is 1. The highest BCUT2D eigenvalue weighted by molar-refractivity contribution is 6.05. The number of hydrogen-bond donors (Lipinski definition) is 2. The van der Waals surface area contributed by atoms with Crippen molar-refractivity contribution in [3.63, 3.8) is 0 Å². The molecule has 0 unspecified atom stereocenters. The first-order valence-electron chi connectivity index (χ1n) is 14.1. The summed E-state index contributed by atoms with van der Waals surface area (Å²) in [5, 5.41) is 10.0. The van der Waals surface area contributed by atoms with Crippen molar-refractivity contribution in [3.8, 4) is 28.7 Å². The van der Waals surface area contributed by atoms with Gasteiger partial charge in [0.25, 0.3) is 5.91 Å². The first-order valence-corrected chi connectivity index (χ1v) is 14.1. The number of fused-ring (bicyclic) bond motifs is 3. The fourth-order valence-electron chi connectivity index (χ4n) is 5.13. The molecule has 0 aliphatic rings. The molecule has 6 rings (SSSR count). The zero-order valence-electron chi connectivity index (χ0n) is 24.5. The molecule has 0 spiro atoms. The highest BCUT2D eigenvalue weighted by Gasteiger charge is 2.20. The minimum Gasteiger partial charge on any atom is -0.305 e. The first kappa shape index (κ1) is 27.7. The van der Waals surface area contributed by atoms with Gasteiger partial charge >= 0.3 is 5.69 Å². The molecule has 4 aromatic heterocycles. The van der Waals surface area contributed by atoms with Gasteiger partial charge in [-0.05, 0) is 73.9 Å². The lowest BCUT2D eigenvalue weighted by molar-refractivity contribution is 0.102. The van der Waals surface area contributed by atoms with Crippen LogP contribution in [0.1, 0.15) is 49.7 Å². The average molecular weight is 570 g/mol. The van der Waals surface area contributed by atoms with Crippen LogP contribution in [0, 0.1) is 11.8 Å². The fraction of sp³-hybridized carbons (Fsp3) is 0.206. The average Bonchev–Trinajstić information content (AvgIpc) is 3.65. The Labute approximate surface area is 248 Å². The Balaban J connectivity index is 1.39. The minimum absolute atomic E-state index is 0.150. The van der Waals surface area contributed by atoms with E-state index in [1.165, 1.54) is 6.20 Å². The van der Waals surface area contributed by atoms with Crippen LogP contribution in [0.5, 0.6) is 0 Å². The smallest absolute Gasteiger partial charge is 0.305 e. The van der Waals surface area contributed by atoms with Gasteiger partial charge in [0.1, 0.15) is 11.5 Å². The maximum absolute atomic E-state index is 13.6. The fourth-order valence-corrected chi connectivity index (χ4v) is 5.13. The van der Waals surface area contributed by atoms with Crippen molar-refractivity contribution in [2.24, 2.45) is 7.05 Å².